The molecule has 0 bridgehead atoms. The molecule has 0 aliphatic carbocycles. The highest BCUT2D eigenvalue weighted by atomic mass is 16.5. The highest BCUT2D eigenvalue weighted by Gasteiger charge is 2.40. The van der Waals surface area contributed by atoms with Crippen molar-refractivity contribution >= 4 is 41.3 Å². The van der Waals surface area contributed by atoms with Crippen molar-refractivity contribution < 1.29 is 43.0 Å². The van der Waals surface area contributed by atoms with E-state index in [2.05, 4.69) is 15.4 Å². The van der Waals surface area contributed by atoms with Crippen molar-refractivity contribution in [2.24, 2.45) is 0 Å². The molecule has 2 atom stereocenters. The number of ether oxygens (including phenoxy) is 3. The maximum atomic E-state index is 13.7. The molecule has 1 aliphatic heterocycles. The Morgan fingerprint density at radius 3 is 2.15 bits per heavy atom. The van der Waals surface area contributed by atoms with Gasteiger partial charge >= 0.3 is 17.9 Å². The first-order valence-electron chi connectivity index (χ1n) is 12.0. The van der Waals surface area contributed by atoms with Crippen molar-refractivity contribution in [1.29, 1.82) is 0 Å². The van der Waals surface area contributed by atoms with Gasteiger partial charge in [0, 0.05) is 33.0 Å². The highest BCUT2D eigenvalue weighted by molar-refractivity contribution is 6.06. The van der Waals surface area contributed by atoms with Crippen LogP contribution in [0.25, 0.3) is 11.1 Å². The highest BCUT2D eigenvalue weighted by Crippen LogP contribution is 2.34. The second kappa shape index (κ2) is 12.7. The van der Waals surface area contributed by atoms with Gasteiger partial charge in [0.2, 0.25) is 11.8 Å². The number of amides is 3. The number of carbonyl (C=O) groups excluding carboxylic acids is 6. The van der Waals surface area contributed by atoms with Crippen molar-refractivity contribution in [1.82, 2.24) is 10.2 Å². The summed E-state index contributed by atoms with van der Waals surface area (Å²) in [5.74, 6) is -3.70. The van der Waals surface area contributed by atoms with Crippen LogP contribution in [-0.4, -0.2) is 72.9 Å². The summed E-state index contributed by atoms with van der Waals surface area (Å²) in [5.41, 5.74) is 2.94. The third-order valence-corrected chi connectivity index (χ3v) is 5.86. The standard InChI is InChI=1S/C27H29N3O9/c1-15(31)28-20-10-8-18(9-11-20)21-7-5-6-19-12-30(26(35)24(19)21)23(14-39-17(3)33)25(34)29-22(27(36)37-4)13-38-16(2)32/h5-11,22-23H,12-14H2,1-4H3,(H,28,31)(H,29,34)/t22-,23-/m0/s1. The van der Waals surface area contributed by atoms with E-state index in [-0.39, 0.29) is 12.5 Å². The maximum Gasteiger partial charge on any atom is 0.331 e. The summed E-state index contributed by atoms with van der Waals surface area (Å²) in [6, 6.07) is 9.59. The quantitative estimate of drug-likeness (QED) is 0.337. The van der Waals surface area contributed by atoms with E-state index in [1.165, 1.54) is 11.8 Å². The minimum atomic E-state index is -1.34. The minimum Gasteiger partial charge on any atom is -0.467 e. The number of carbonyl (C=O) groups is 6. The number of esters is 3. The first-order chi connectivity index (χ1) is 18.5. The Morgan fingerprint density at radius 1 is 0.923 bits per heavy atom. The van der Waals surface area contributed by atoms with Crippen molar-refractivity contribution in [2.75, 3.05) is 25.6 Å². The van der Waals surface area contributed by atoms with Crippen LogP contribution in [0.2, 0.25) is 0 Å². The molecule has 2 N–H and O–H groups in total. The molecule has 12 heteroatoms. The fourth-order valence-electron chi connectivity index (χ4n) is 4.10. The van der Waals surface area contributed by atoms with Crippen LogP contribution in [0.3, 0.4) is 0 Å². The number of hydrogen-bond acceptors (Lipinski definition) is 9. The van der Waals surface area contributed by atoms with Crippen LogP contribution in [0, 0.1) is 0 Å². The lowest BCUT2D eigenvalue weighted by atomic mass is 9.96. The van der Waals surface area contributed by atoms with Crippen LogP contribution in [-0.2, 0) is 44.7 Å². The van der Waals surface area contributed by atoms with Crippen molar-refractivity contribution in [2.45, 2.75) is 39.4 Å². The predicted octanol–water partition coefficient (Wildman–Crippen LogP) is 1.42. The van der Waals surface area contributed by atoms with E-state index in [0.717, 1.165) is 21.0 Å². The van der Waals surface area contributed by atoms with Crippen LogP contribution >= 0.6 is 0 Å². The monoisotopic (exact) mass is 539 g/mol. The van der Waals surface area contributed by atoms with E-state index in [9.17, 15) is 28.8 Å². The Labute approximate surface area is 224 Å². The van der Waals surface area contributed by atoms with Gasteiger partial charge in [0.1, 0.15) is 19.3 Å². The van der Waals surface area contributed by atoms with Crippen molar-refractivity contribution in [3.05, 3.63) is 53.6 Å². The Balaban J connectivity index is 1.90. The van der Waals surface area contributed by atoms with Crippen LogP contribution < -0.4 is 10.6 Å². The molecular weight excluding hydrogens is 510 g/mol. The number of nitrogens with one attached hydrogen (secondary N) is 2. The summed E-state index contributed by atoms with van der Waals surface area (Å²) < 4.78 is 14.6. The van der Waals surface area contributed by atoms with Gasteiger partial charge in [0.15, 0.2) is 6.04 Å². The predicted molar refractivity (Wildman–Crippen MR) is 137 cm³/mol. The lowest BCUT2D eigenvalue weighted by molar-refractivity contribution is -0.153. The van der Waals surface area contributed by atoms with Crippen molar-refractivity contribution in [3.8, 4) is 11.1 Å². The molecule has 0 saturated carbocycles. The Bertz CT molecular complexity index is 1290. The number of fused-ring (bicyclic) bond motifs is 1. The summed E-state index contributed by atoms with van der Waals surface area (Å²) in [4.78, 5) is 74.5. The smallest absolute Gasteiger partial charge is 0.331 e. The molecule has 0 saturated heterocycles. The summed E-state index contributed by atoms with van der Waals surface area (Å²) in [7, 11) is 1.11. The average molecular weight is 540 g/mol. The molecule has 0 radical (unpaired) electrons. The average Bonchev–Trinajstić information content (AvgIpc) is 3.22. The van der Waals surface area contributed by atoms with E-state index < -0.39 is 55.0 Å². The topological polar surface area (TPSA) is 157 Å². The molecule has 0 spiro atoms. The van der Waals surface area contributed by atoms with Crippen LogP contribution in [0.5, 0.6) is 0 Å². The lowest BCUT2D eigenvalue weighted by Crippen LogP contribution is -2.55. The lowest BCUT2D eigenvalue weighted by Gasteiger charge is -2.28. The van der Waals surface area contributed by atoms with Crippen LogP contribution in [0.15, 0.2) is 42.5 Å². The first-order valence-corrected chi connectivity index (χ1v) is 12.0. The maximum absolute atomic E-state index is 13.7. The molecule has 1 heterocycles. The van der Waals surface area contributed by atoms with E-state index in [4.69, 9.17) is 9.47 Å². The van der Waals surface area contributed by atoms with Gasteiger partial charge in [-0.05, 0) is 28.8 Å². The number of benzene rings is 2. The summed E-state index contributed by atoms with van der Waals surface area (Å²) in [6.07, 6.45) is 0. The summed E-state index contributed by atoms with van der Waals surface area (Å²) in [5, 5.41) is 5.11. The Hall–Kier alpha value is -4.74. The zero-order chi connectivity index (χ0) is 28.7. The third kappa shape index (κ3) is 7.18. The molecule has 0 fully saturated rings. The molecule has 0 aromatic heterocycles. The van der Waals surface area contributed by atoms with E-state index in [1.54, 1.807) is 42.5 Å². The first kappa shape index (κ1) is 28.8. The van der Waals surface area contributed by atoms with Gasteiger partial charge in [-0.15, -0.1) is 0 Å². The zero-order valence-corrected chi connectivity index (χ0v) is 21.9. The molecule has 2 aromatic carbocycles. The molecule has 0 unspecified atom stereocenters. The molecule has 12 nitrogen and oxygen atoms in total. The fourth-order valence-corrected chi connectivity index (χ4v) is 4.10. The van der Waals surface area contributed by atoms with E-state index in [1.807, 2.05) is 0 Å². The van der Waals surface area contributed by atoms with E-state index in [0.29, 0.717) is 27.9 Å². The third-order valence-electron chi connectivity index (χ3n) is 5.86. The van der Waals surface area contributed by atoms with Gasteiger partial charge < -0.3 is 29.7 Å². The Kier molecular flexibility index (Phi) is 9.37. The largest absolute Gasteiger partial charge is 0.467 e. The minimum absolute atomic E-state index is 0.0399. The molecule has 3 rings (SSSR count). The SMILES string of the molecule is COC(=O)[C@H](COC(C)=O)NC(=O)[C@H](COC(C)=O)N1Cc2cccc(-c3ccc(NC(C)=O)cc3)c2C1=O. The van der Waals surface area contributed by atoms with Crippen LogP contribution in [0.4, 0.5) is 5.69 Å². The van der Waals surface area contributed by atoms with Crippen LogP contribution in [0.1, 0.15) is 36.7 Å². The van der Waals surface area contributed by atoms with E-state index >= 15 is 0 Å². The number of hydrogen-bond donors (Lipinski definition) is 2. The zero-order valence-electron chi connectivity index (χ0n) is 21.9. The van der Waals surface area contributed by atoms with Gasteiger partial charge in [-0.3, -0.25) is 24.0 Å². The number of rotatable bonds is 10. The van der Waals surface area contributed by atoms with Crippen molar-refractivity contribution in [3.63, 3.8) is 0 Å². The second-order valence-electron chi connectivity index (χ2n) is 8.74. The van der Waals surface area contributed by atoms with Gasteiger partial charge in [-0.2, -0.15) is 0 Å². The van der Waals surface area contributed by atoms with Gasteiger partial charge in [0.25, 0.3) is 5.91 Å². The summed E-state index contributed by atoms with van der Waals surface area (Å²) in [6.45, 7) is 2.79. The molecule has 3 amide bonds. The molecular formula is C27H29N3O9. The molecule has 2 aromatic rings. The number of methoxy groups -OCH3 is 1. The number of nitrogens with zero attached hydrogens (tertiary/aromatic N) is 1. The fraction of sp³-hybridized carbons (Fsp3) is 0.333. The van der Waals surface area contributed by atoms with Gasteiger partial charge in [-0.1, -0.05) is 30.3 Å². The Morgan fingerprint density at radius 2 is 1.56 bits per heavy atom. The second-order valence-corrected chi connectivity index (χ2v) is 8.74. The van der Waals surface area contributed by atoms with Gasteiger partial charge in [0.05, 0.1) is 12.7 Å². The molecule has 206 valence electrons. The van der Waals surface area contributed by atoms with Gasteiger partial charge in [-0.25, -0.2) is 4.79 Å². The number of anilines is 1. The molecule has 39 heavy (non-hydrogen) atoms. The normalized spacial score (nSPS) is 13.5. The summed E-state index contributed by atoms with van der Waals surface area (Å²) >= 11 is 0. The molecule has 1 aliphatic rings.